The van der Waals surface area contributed by atoms with Gasteiger partial charge in [-0.3, -0.25) is 4.79 Å². The van der Waals surface area contributed by atoms with Gasteiger partial charge in [-0.05, 0) is 58.4 Å². The molecule has 0 spiro atoms. The van der Waals surface area contributed by atoms with Crippen LogP contribution in [0.3, 0.4) is 0 Å². The number of hydrogen-bond acceptors (Lipinski definition) is 5. The predicted molar refractivity (Wildman–Crippen MR) is 153 cm³/mol. The zero-order valence-corrected chi connectivity index (χ0v) is 25.1. The van der Waals surface area contributed by atoms with Gasteiger partial charge in [-0.1, -0.05) is 83.1 Å². The number of Topliss-reactive ketones (excluding diaryl/α,β-unsaturated/α-hetero) is 1. The summed E-state index contributed by atoms with van der Waals surface area (Å²) in [5.41, 5.74) is 1.28. The maximum absolute atomic E-state index is 13.1. The number of allylic oxidation sites excluding steroid dienone is 11. The molecule has 0 amide bonds. The largest absolute Gasteiger partial charge is 0.506 e. The Morgan fingerprint density at radius 3 is 1.26 bits per heavy atom. The summed E-state index contributed by atoms with van der Waals surface area (Å²) >= 11 is 0. The van der Waals surface area contributed by atoms with E-state index in [2.05, 4.69) is 83.1 Å². The fourth-order valence-electron chi connectivity index (χ4n) is 3.96. The Balaban J connectivity index is 2.08. The lowest BCUT2D eigenvalue weighted by Gasteiger charge is -2.31. The number of rotatable bonds is 2. The van der Waals surface area contributed by atoms with Crippen molar-refractivity contribution in [3.05, 3.63) is 93.3 Å². The van der Waals surface area contributed by atoms with Gasteiger partial charge in [0.25, 0.3) is 0 Å². The smallest absolute Gasteiger partial charge is 0.231 e. The van der Waals surface area contributed by atoms with E-state index in [4.69, 9.17) is 9.47 Å². The number of aliphatic hydroxyl groups is 2. The molecule has 5 heteroatoms. The summed E-state index contributed by atoms with van der Waals surface area (Å²) in [5, 5.41) is 21.9. The SMILES string of the molecule is CC(C)(C)C1=C/C(=C/C2=C(O)C(/C=C3/C=C(C(C)(C)C)C=C(C(C)(C)C)O3)=C(O)C2=O)OC(C(C)(C)C)=C1. The summed E-state index contributed by atoms with van der Waals surface area (Å²) in [6.07, 6.45) is 10.9. The molecule has 3 rings (SSSR count). The number of ketones is 1. The van der Waals surface area contributed by atoms with Gasteiger partial charge in [0.1, 0.15) is 28.8 Å². The highest BCUT2D eigenvalue weighted by Gasteiger charge is 2.34. The Bertz CT molecular complexity index is 1290. The lowest BCUT2D eigenvalue weighted by atomic mass is 9.82. The molecule has 0 unspecified atom stereocenters. The number of carbonyl (C=O) groups is 1. The maximum Gasteiger partial charge on any atom is 0.231 e. The van der Waals surface area contributed by atoms with Gasteiger partial charge in [0, 0.05) is 10.8 Å². The highest BCUT2D eigenvalue weighted by atomic mass is 16.5. The highest BCUT2D eigenvalue weighted by molar-refractivity contribution is 6.13. The van der Waals surface area contributed by atoms with Crippen LogP contribution in [-0.2, 0) is 14.3 Å². The van der Waals surface area contributed by atoms with Crippen molar-refractivity contribution in [3.8, 4) is 0 Å². The Labute approximate surface area is 228 Å². The first kappa shape index (κ1) is 29.3. The molecule has 5 nitrogen and oxygen atoms in total. The van der Waals surface area contributed by atoms with Crippen molar-refractivity contribution in [2.24, 2.45) is 21.7 Å². The first-order valence-corrected chi connectivity index (χ1v) is 13.2. The summed E-state index contributed by atoms with van der Waals surface area (Å²) in [7, 11) is 0. The van der Waals surface area contributed by atoms with Gasteiger partial charge in [0.2, 0.25) is 5.78 Å². The van der Waals surface area contributed by atoms with Gasteiger partial charge in [-0.15, -0.1) is 0 Å². The Morgan fingerprint density at radius 2 is 0.921 bits per heavy atom. The minimum Gasteiger partial charge on any atom is -0.506 e. The normalized spacial score (nSPS) is 21.8. The van der Waals surface area contributed by atoms with Gasteiger partial charge in [-0.25, -0.2) is 0 Å². The molecule has 0 aromatic heterocycles. The number of carbonyl (C=O) groups excluding carboxylic acids is 1. The summed E-state index contributed by atoms with van der Waals surface area (Å²) in [4.78, 5) is 13.1. The van der Waals surface area contributed by atoms with Crippen LogP contribution in [0.2, 0.25) is 0 Å². The van der Waals surface area contributed by atoms with E-state index in [1.165, 1.54) is 12.2 Å². The highest BCUT2D eigenvalue weighted by Crippen LogP contribution is 2.41. The molecular formula is C33H44O5. The van der Waals surface area contributed by atoms with Crippen molar-refractivity contribution >= 4 is 5.78 Å². The second-order valence-corrected chi connectivity index (χ2v) is 14.4. The van der Waals surface area contributed by atoms with Gasteiger partial charge in [-0.2, -0.15) is 0 Å². The first-order valence-electron chi connectivity index (χ1n) is 13.2. The van der Waals surface area contributed by atoms with Crippen LogP contribution in [0, 0.1) is 21.7 Å². The summed E-state index contributed by atoms with van der Waals surface area (Å²) in [5.74, 6) is 0.909. The molecule has 0 radical (unpaired) electrons. The molecule has 0 aromatic rings. The van der Waals surface area contributed by atoms with Crippen LogP contribution < -0.4 is 0 Å². The van der Waals surface area contributed by atoms with Crippen LogP contribution in [-0.4, -0.2) is 16.0 Å². The molecular weight excluding hydrogens is 476 g/mol. The predicted octanol–water partition coefficient (Wildman–Crippen LogP) is 8.83. The lowest BCUT2D eigenvalue weighted by Crippen LogP contribution is -2.19. The minimum atomic E-state index is -0.662. The van der Waals surface area contributed by atoms with E-state index in [-0.39, 0.29) is 38.6 Å². The molecule has 0 aromatic carbocycles. The van der Waals surface area contributed by atoms with Crippen LogP contribution in [0.1, 0.15) is 83.1 Å². The molecule has 1 aliphatic carbocycles. The van der Waals surface area contributed by atoms with Gasteiger partial charge < -0.3 is 19.7 Å². The number of aliphatic hydroxyl groups excluding tert-OH is 2. The summed E-state index contributed by atoms with van der Waals surface area (Å²) in [6.45, 7) is 25.0. The molecule has 3 aliphatic rings. The standard InChI is InChI=1S/C33H44O5/c1-30(2,3)19-13-21(37-25(15-19)32(7,8)9)17-23-27(34)24(29(36)28(23)35)18-22-14-20(31(4,5)6)16-26(38-22)33(10,11)12/h13-18,34H,1-12H3,(H,35,36)/b21-17-,22-18-. The van der Waals surface area contributed by atoms with Crippen LogP contribution in [0.4, 0.5) is 0 Å². The van der Waals surface area contributed by atoms with E-state index in [0.717, 1.165) is 22.7 Å². The minimum absolute atomic E-state index is 0.0218. The average molecular weight is 521 g/mol. The molecule has 2 N–H and O–H groups in total. The summed E-state index contributed by atoms with van der Waals surface area (Å²) < 4.78 is 12.3. The maximum atomic E-state index is 13.1. The van der Waals surface area contributed by atoms with E-state index in [0.29, 0.717) is 11.5 Å². The van der Waals surface area contributed by atoms with Crippen LogP contribution >= 0.6 is 0 Å². The Hall–Kier alpha value is -3.21. The van der Waals surface area contributed by atoms with E-state index in [1.54, 1.807) is 0 Å². The van der Waals surface area contributed by atoms with Crippen LogP contribution in [0.5, 0.6) is 0 Å². The van der Waals surface area contributed by atoms with E-state index >= 15 is 0 Å². The van der Waals surface area contributed by atoms with Crippen molar-refractivity contribution in [3.63, 3.8) is 0 Å². The number of hydrogen-bond donors (Lipinski definition) is 2. The van der Waals surface area contributed by atoms with Gasteiger partial charge in [0.05, 0.1) is 11.1 Å². The van der Waals surface area contributed by atoms with Crippen molar-refractivity contribution in [2.75, 3.05) is 0 Å². The first-order chi connectivity index (χ1) is 17.1. The zero-order valence-electron chi connectivity index (χ0n) is 25.1. The van der Waals surface area contributed by atoms with E-state index < -0.39 is 11.5 Å². The fraction of sp³-hybridized carbons (Fsp3) is 0.485. The number of ether oxygens (including phenoxy) is 2. The van der Waals surface area contributed by atoms with Crippen LogP contribution in [0.15, 0.2) is 93.3 Å². The van der Waals surface area contributed by atoms with Crippen molar-refractivity contribution in [2.45, 2.75) is 83.1 Å². The molecule has 0 saturated heterocycles. The third-order valence-corrected chi connectivity index (χ3v) is 6.63. The van der Waals surface area contributed by atoms with E-state index in [1.807, 2.05) is 24.3 Å². The Kier molecular flexibility index (Phi) is 7.35. The third kappa shape index (κ3) is 6.25. The molecule has 206 valence electrons. The lowest BCUT2D eigenvalue weighted by molar-refractivity contribution is -0.114. The quantitative estimate of drug-likeness (QED) is 0.380. The molecule has 0 saturated carbocycles. The van der Waals surface area contributed by atoms with Crippen LogP contribution in [0.25, 0.3) is 0 Å². The molecule has 2 aliphatic heterocycles. The Morgan fingerprint density at radius 1 is 0.553 bits per heavy atom. The average Bonchev–Trinajstić information content (AvgIpc) is 2.94. The monoisotopic (exact) mass is 520 g/mol. The van der Waals surface area contributed by atoms with Crippen molar-refractivity contribution < 1.29 is 24.5 Å². The summed E-state index contributed by atoms with van der Waals surface area (Å²) in [6, 6.07) is 0. The van der Waals surface area contributed by atoms with Crippen molar-refractivity contribution in [1.82, 2.24) is 0 Å². The molecule has 0 atom stereocenters. The fourth-order valence-corrected chi connectivity index (χ4v) is 3.96. The van der Waals surface area contributed by atoms with Gasteiger partial charge in [0.15, 0.2) is 5.76 Å². The van der Waals surface area contributed by atoms with Gasteiger partial charge >= 0.3 is 0 Å². The van der Waals surface area contributed by atoms with E-state index in [9.17, 15) is 15.0 Å². The molecule has 38 heavy (non-hydrogen) atoms. The topological polar surface area (TPSA) is 76.0 Å². The second-order valence-electron chi connectivity index (χ2n) is 14.4. The molecule has 0 bridgehead atoms. The molecule has 2 heterocycles. The third-order valence-electron chi connectivity index (χ3n) is 6.63. The molecule has 0 fully saturated rings. The van der Waals surface area contributed by atoms with Crippen molar-refractivity contribution in [1.29, 1.82) is 0 Å². The zero-order chi connectivity index (χ0) is 29.0. The second kappa shape index (κ2) is 9.52.